The van der Waals surface area contributed by atoms with E-state index in [4.69, 9.17) is 4.74 Å². The van der Waals surface area contributed by atoms with Gasteiger partial charge >= 0.3 is 5.97 Å². The predicted molar refractivity (Wildman–Crippen MR) is 87.7 cm³/mol. The van der Waals surface area contributed by atoms with Gasteiger partial charge < -0.3 is 4.74 Å². The van der Waals surface area contributed by atoms with Gasteiger partial charge in [-0.3, -0.25) is 4.79 Å². The van der Waals surface area contributed by atoms with Crippen molar-refractivity contribution in [2.24, 2.45) is 0 Å². The number of benzene rings is 2. The van der Waals surface area contributed by atoms with Crippen LogP contribution in [-0.4, -0.2) is 30.3 Å². The minimum atomic E-state index is -1.23. The molecule has 0 heterocycles. The first-order valence-corrected chi connectivity index (χ1v) is 9.35. The highest BCUT2D eigenvalue weighted by atomic mass is 32.3. The molecule has 1 unspecified atom stereocenters. The zero-order valence-corrected chi connectivity index (χ0v) is 13.4. The number of hydrogen-bond donors (Lipinski definition) is 0. The zero-order valence-electron chi connectivity index (χ0n) is 12.6. The molecule has 2 aromatic rings. The SMILES string of the molecule is CCOC(=O)C(C)S(C)(C)c1ccc2ccccc2c1. The van der Waals surface area contributed by atoms with Gasteiger partial charge in [-0.1, -0.05) is 30.3 Å². The van der Waals surface area contributed by atoms with Crippen molar-refractivity contribution in [3.63, 3.8) is 0 Å². The summed E-state index contributed by atoms with van der Waals surface area (Å²) in [4.78, 5) is 13.3. The van der Waals surface area contributed by atoms with E-state index in [-0.39, 0.29) is 11.2 Å². The van der Waals surface area contributed by atoms with Crippen molar-refractivity contribution in [1.29, 1.82) is 0 Å². The molecule has 0 aliphatic heterocycles. The molecule has 0 N–H and O–H groups in total. The number of rotatable bonds is 4. The molecule has 2 rings (SSSR count). The van der Waals surface area contributed by atoms with Crippen LogP contribution < -0.4 is 0 Å². The van der Waals surface area contributed by atoms with Gasteiger partial charge in [-0.25, -0.2) is 10.0 Å². The molecule has 0 radical (unpaired) electrons. The largest absolute Gasteiger partial charge is 0.465 e. The Morgan fingerprint density at radius 3 is 2.45 bits per heavy atom. The molecule has 0 saturated heterocycles. The molecule has 0 fully saturated rings. The minimum Gasteiger partial charge on any atom is -0.465 e. The molecule has 20 heavy (non-hydrogen) atoms. The lowest BCUT2D eigenvalue weighted by Crippen LogP contribution is -2.25. The second kappa shape index (κ2) is 5.88. The van der Waals surface area contributed by atoms with Gasteiger partial charge in [0.25, 0.3) is 0 Å². The van der Waals surface area contributed by atoms with E-state index in [1.165, 1.54) is 15.7 Å². The average Bonchev–Trinajstić information content (AvgIpc) is 2.46. The van der Waals surface area contributed by atoms with Crippen LogP contribution in [0.25, 0.3) is 10.8 Å². The maximum absolute atomic E-state index is 12.0. The number of esters is 1. The van der Waals surface area contributed by atoms with E-state index in [0.717, 1.165) is 0 Å². The van der Waals surface area contributed by atoms with E-state index >= 15 is 0 Å². The van der Waals surface area contributed by atoms with Crippen LogP contribution in [0, 0.1) is 0 Å². The Kier molecular flexibility index (Phi) is 4.39. The van der Waals surface area contributed by atoms with Crippen molar-refractivity contribution in [3.05, 3.63) is 42.5 Å². The van der Waals surface area contributed by atoms with Gasteiger partial charge in [0.15, 0.2) is 0 Å². The molecule has 2 aromatic carbocycles. The summed E-state index contributed by atoms with van der Waals surface area (Å²) >= 11 is 0. The molecule has 1 atom stereocenters. The minimum absolute atomic E-state index is 0.0939. The summed E-state index contributed by atoms with van der Waals surface area (Å²) < 4.78 is 5.18. The van der Waals surface area contributed by atoms with E-state index in [9.17, 15) is 4.79 Å². The summed E-state index contributed by atoms with van der Waals surface area (Å²) in [6, 6.07) is 14.8. The molecule has 0 aromatic heterocycles. The maximum Gasteiger partial charge on any atom is 0.317 e. The lowest BCUT2D eigenvalue weighted by molar-refractivity contribution is -0.142. The van der Waals surface area contributed by atoms with Crippen molar-refractivity contribution in [2.45, 2.75) is 24.0 Å². The first-order chi connectivity index (χ1) is 9.46. The Balaban J connectivity index is 2.37. The number of carbonyl (C=O) groups is 1. The van der Waals surface area contributed by atoms with Gasteiger partial charge in [0.1, 0.15) is 0 Å². The Bertz CT molecular complexity index is 619. The molecule has 0 spiro atoms. The highest BCUT2D eigenvalue weighted by Gasteiger charge is 2.29. The molecule has 0 bridgehead atoms. The predicted octanol–water partition coefficient (Wildman–Crippen LogP) is 4.21. The third-order valence-corrected chi connectivity index (χ3v) is 7.26. The standard InChI is InChI=1S/C17H22O2S/c1-5-19-17(18)13(2)20(3,4)16-11-10-14-8-6-7-9-15(14)12-16/h6-13H,5H2,1-4H3. The van der Waals surface area contributed by atoms with E-state index in [1.807, 2.05) is 26.0 Å². The lowest BCUT2D eigenvalue weighted by Gasteiger charge is -2.36. The fourth-order valence-electron chi connectivity index (χ4n) is 2.20. The second-order valence-corrected chi connectivity index (χ2v) is 9.30. The third kappa shape index (κ3) is 2.83. The highest BCUT2D eigenvalue weighted by molar-refractivity contribution is 8.33. The van der Waals surface area contributed by atoms with Crippen molar-refractivity contribution >= 4 is 26.8 Å². The number of ether oxygens (including phenoxy) is 1. The van der Waals surface area contributed by atoms with Crippen LogP contribution in [0.4, 0.5) is 0 Å². The summed E-state index contributed by atoms with van der Waals surface area (Å²) in [5, 5.41) is 2.36. The first kappa shape index (κ1) is 14.9. The zero-order chi connectivity index (χ0) is 14.8. The maximum atomic E-state index is 12.0. The fraction of sp³-hybridized carbons (Fsp3) is 0.353. The molecular weight excluding hydrogens is 268 g/mol. The lowest BCUT2D eigenvalue weighted by atomic mass is 10.1. The summed E-state index contributed by atoms with van der Waals surface area (Å²) in [6.07, 6.45) is 4.36. The van der Waals surface area contributed by atoms with Crippen molar-refractivity contribution in [2.75, 3.05) is 19.1 Å². The molecule has 0 amide bonds. The van der Waals surface area contributed by atoms with Crippen molar-refractivity contribution < 1.29 is 9.53 Å². The molecule has 0 saturated carbocycles. The Morgan fingerprint density at radius 2 is 1.80 bits per heavy atom. The monoisotopic (exact) mass is 290 g/mol. The second-order valence-electron chi connectivity index (χ2n) is 5.31. The van der Waals surface area contributed by atoms with Crippen LogP contribution in [0.15, 0.2) is 47.4 Å². The van der Waals surface area contributed by atoms with Crippen LogP contribution in [0.5, 0.6) is 0 Å². The molecule has 0 aliphatic rings. The summed E-state index contributed by atoms with van der Waals surface area (Å²) in [5.74, 6) is -0.0966. The van der Waals surface area contributed by atoms with Gasteiger partial charge in [0.2, 0.25) is 0 Å². The Hall–Kier alpha value is -1.48. The Morgan fingerprint density at radius 1 is 1.15 bits per heavy atom. The Labute approximate surface area is 122 Å². The third-order valence-electron chi connectivity index (χ3n) is 3.83. The van der Waals surface area contributed by atoms with Crippen LogP contribution in [-0.2, 0) is 9.53 Å². The quantitative estimate of drug-likeness (QED) is 0.788. The van der Waals surface area contributed by atoms with Crippen molar-refractivity contribution in [1.82, 2.24) is 0 Å². The molecular formula is C17H22O2S. The van der Waals surface area contributed by atoms with E-state index < -0.39 is 10.0 Å². The highest BCUT2D eigenvalue weighted by Crippen LogP contribution is 2.54. The molecule has 108 valence electrons. The smallest absolute Gasteiger partial charge is 0.317 e. The molecule has 2 nitrogen and oxygen atoms in total. The number of fused-ring (bicyclic) bond motifs is 1. The van der Waals surface area contributed by atoms with Gasteiger partial charge in [-0.05, 0) is 54.2 Å². The molecule has 0 aliphatic carbocycles. The number of carbonyl (C=O) groups excluding carboxylic acids is 1. The van der Waals surface area contributed by atoms with Gasteiger partial charge in [0, 0.05) is 0 Å². The number of hydrogen-bond acceptors (Lipinski definition) is 2. The summed E-state index contributed by atoms with van der Waals surface area (Å²) in [5.41, 5.74) is 0. The van der Waals surface area contributed by atoms with E-state index in [1.54, 1.807) is 0 Å². The van der Waals surface area contributed by atoms with Gasteiger partial charge in [-0.15, -0.1) is 0 Å². The van der Waals surface area contributed by atoms with Gasteiger partial charge in [0.05, 0.1) is 11.9 Å². The molecule has 3 heteroatoms. The summed E-state index contributed by atoms with van der Waals surface area (Å²) in [6.45, 7) is 4.27. The summed E-state index contributed by atoms with van der Waals surface area (Å²) in [7, 11) is -1.23. The van der Waals surface area contributed by atoms with E-state index in [2.05, 4.69) is 42.8 Å². The average molecular weight is 290 g/mol. The first-order valence-electron chi connectivity index (χ1n) is 6.84. The van der Waals surface area contributed by atoms with Crippen LogP contribution in [0.3, 0.4) is 0 Å². The van der Waals surface area contributed by atoms with Crippen LogP contribution in [0.2, 0.25) is 0 Å². The topological polar surface area (TPSA) is 26.3 Å². The van der Waals surface area contributed by atoms with Crippen molar-refractivity contribution in [3.8, 4) is 0 Å². The van der Waals surface area contributed by atoms with Gasteiger partial charge in [-0.2, -0.15) is 0 Å². The fourth-order valence-corrected chi connectivity index (χ4v) is 4.01. The van der Waals surface area contributed by atoms with E-state index in [0.29, 0.717) is 6.61 Å². The van der Waals surface area contributed by atoms with Crippen LogP contribution >= 0.6 is 10.0 Å². The normalized spacial score (nSPS) is 14.0. The van der Waals surface area contributed by atoms with Crippen LogP contribution in [0.1, 0.15) is 13.8 Å².